The van der Waals surface area contributed by atoms with Crippen LogP contribution in [0.25, 0.3) is 11.3 Å². The minimum Gasteiger partial charge on any atom is -0.460 e. The predicted octanol–water partition coefficient (Wildman–Crippen LogP) is 4.96. The third kappa shape index (κ3) is 3.52. The van der Waals surface area contributed by atoms with E-state index in [1.165, 1.54) is 0 Å². The van der Waals surface area contributed by atoms with E-state index in [0.29, 0.717) is 11.6 Å². The molecule has 0 radical (unpaired) electrons. The first kappa shape index (κ1) is 16.7. The molecular formula is C18H18ClN3OS. The van der Waals surface area contributed by atoms with Crippen LogP contribution in [0.1, 0.15) is 25.4 Å². The lowest BCUT2D eigenvalue weighted by Crippen LogP contribution is -2.14. The molecule has 6 heteroatoms. The number of benzene rings is 1. The number of hydrogen-bond acceptors (Lipinski definition) is 4. The van der Waals surface area contributed by atoms with E-state index in [9.17, 15) is 0 Å². The van der Waals surface area contributed by atoms with Gasteiger partial charge in [0.25, 0.3) is 0 Å². The molecular weight excluding hydrogens is 342 g/mol. The molecule has 0 aliphatic rings. The van der Waals surface area contributed by atoms with Crippen LogP contribution in [-0.2, 0) is 0 Å². The van der Waals surface area contributed by atoms with Gasteiger partial charge in [-0.15, -0.1) is 11.3 Å². The van der Waals surface area contributed by atoms with Crippen molar-refractivity contribution >= 4 is 28.6 Å². The molecule has 0 amide bonds. The maximum absolute atomic E-state index is 6.14. The van der Waals surface area contributed by atoms with Crippen LogP contribution in [0.3, 0.4) is 0 Å². The molecule has 2 heterocycles. The summed E-state index contributed by atoms with van der Waals surface area (Å²) >= 11 is 7.70. The fourth-order valence-corrected chi connectivity index (χ4v) is 3.40. The zero-order chi connectivity index (χ0) is 17.1. The first-order valence-corrected chi connectivity index (χ1v) is 8.93. The van der Waals surface area contributed by atoms with Crippen molar-refractivity contribution in [3.8, 4) is 11.3 Å². The van der Waals surface area contributed by atoms with Gasteiger partial charge in [-0.1, -0.05) is 23.7 Å². The van der Waals surface area contributed by atoms with Crippen molar-refractivity contribution in [3.05, 3.63) is 63.1 Å². The minimum absolute atomic E-state index is 0.696. The fraction of sp³-hybridized carbons (Fsp3) is 0.222. The summed E-state index contributed by atoms with van der Waals surface area (Å²) in [7, 11) is 0. The van der Waals surface area contributed by atoms with Crippen molar-refractivity contribution in [2.75, 3.05) is 6.54 Å². The lowest BCUT2D eigenvalue weighted by Gasteiger charge is -2.05. The summed E-state index contributed by atoms with van der Waals surface area (Å²) in [6.45, 7) is 6.56. The molecule has 0 aliphatic heterocycles. The number of hydrogen-bond donors (Lipinski definition) is 0. The van der Waals surface area contributed by atoms with Crippen LogP contribution in [-0.4, -0.2) is 16.9 Å². The fourth-order valence-electron chi connectivity index (χ4n) is 2.31. The second kappa shape index (κ2) is 7.20. The Hall–Kier alpha value is -2.11. The Bertz CT molecular complexity index is 949. The Kier molecular flexibility index (Phi) is 5.02. The monoisotopic (exact) mass is 359 g/mol. The van der Waals surface area contributed by atoms with Crippen LogP contribution in [0.2, 0.25) is 5.02 Å². The van der Waals surface area contributed by atoms with E-state index in [1.54, 1.807) is 11.3 Å². The average molecular weight is 360 g/mol. The Morgan fingerprint density at radius 3 is 2.79 bits per heavy atom. The Morgan fingerprint density at radius 2 is 2.12 bits per heavy atom. The molecule has 0 fully saturated rings. The number of thiazole rings is 1. The van der Waals surface area contributed by atoms with Gasteiger partial charge in [0.1, 0.15) is 17.2 Å². The maximum Gasteiger partial charge on any atom is 0.206 e. The molecule has 0 N–H and O–H groups in total. The topological polar surface area (TPSA) is 42.8 Å². The van der Waals surface area contributed by atoms with Crippen molar-refractivity contribution in [3.63, 3.8) is 0 Å². The number of aryl methyl sites for hydroxylation is 1. The van der Waals surface area contributed by atoms with Crippen molar-refractivity contribution < 1.29 is 4.42 Å². The molecule has 3 aromatic rings. The van der Waals surface area contributed by atoms with Crippen LogP contribution in [0.15, 0.2) is 56.3 Å². The van der Waals surface area contributed by atoms with Gasteiger partial charge in [0.2, 0.25) is 4.80 Å². The van der Waals surface area contributed by atoms with Gasteiger partial charge in [-0.25, -0.2) is 4.68 Å². The van der Waals surface area contributed by atoms with E-state index in [4.69, 9.17) is 21.1 Å². The molecule has 0 unspecified atom stereocenters. The molecule has 0 atom stereocenters. The van der Waals surface area contributed by atoms with Crippen molar-refractivity contribution in [2.24, 2.45) is 10.1 Å². The van der Waals surface area contributed by atoms with E-state index in [1.807, 2.05) is 67.2 Å². The third-order valence-electron chi connectivity index (χ3n) is 3.45. The summed E-state index contributed by atoms with van der Waals surface area (Å²) in [6, 6.07) is 11.6. The van der Waals surface area contributed by atoms with Crippen molar-refractivity contribution in [1.29, 1.82) is 0 Å². The summed E-state index contributed by atoms with van der Waals surface area (Å²) in [5.41, 5.74) is 2.75. The second-order valence-corrected chi connectivity index (χ2v) is 6.57. The lowest BCUT2D eigenvalue weighted by atomic mass is 10.2. The SMILES string of the molecule is CCN=c1scc(-c2cccc(Cl)c2)n1N=C(C)c1ccc(C)o1. The first-order valence-electron chi connectivity index (χ1n) is 7.68. The second-order valence-electron chi connectivity index (χ2n) is 5.30. The van der Waals surface area contributed by atoms with Gasteiger partial charge >= 0.3 is 0 Å². The van der Waals surface area contributed by atoms with Gasteiger partial charge < -0.3 is 4.42 Å². The standard InChI is InChI=1S/C18H18ClN3OS/c1-4-20-18-22(21-13(3)17-9-8-12(2)23-17)16(11-24-18)14-6-5-7-15(19)10-14/h5-11H,4H2,1-3H3. The Balaban J connectivity index is 2.15. The van der Waals surface area contributed by atoms with E-state index < -0.39 is 0 Å². The molecule has 3 rings (SSSR count). The normalized spacial score (nSPS) is 12.8. The van der Waals surface area contributed by atoms with Gasteiger partial charge in [-0.3, -0.25) is 4.99 Å². The van der Waals surface area contributed by atoms with Crippen LogP contribution in [0, 0.1) is 6.92 Å². The first-order chi connectivity index (χ1) is 11.6. The zero-order valence-electron chi connectivity index (χ0n) is 13.8. The Morgan fingerprint density at radius 1 is 1.29 bits per heavy atom. The van der Waals surface area contributed by atoms with Crippen molar-refractivity contribution in [2.45, 2.75) is 20.8 Å². The van der Waals surface area contributed by atoms with Crippen LogP contribution < -0.4 is 4.80 Å². The van der Waals surface area contributed by atoms with Crippen molar-refractivity contribution in [1.82, 2.24) is 4.68 Å². The molecule has 0 bridgehead atoms. The average Bonchev–Trinajstić information content (AvgIpc) is 3.15. The minimum atomic E-state index is 0.696. The molecule has 0 saturated heterocycles. The Labute approximate surface area is 149 Å². The molecule has 0 saturated carbocycles. The summed E-state index contributed by atoms with van der Waals surface area (Å²) in [5, 5.41) is 7.48. The van der Waals surface area contributed by atoms with Crippen LogP contribution in [0.5, 0.6) is 0 Å². The number of furan rings is 1. The number of rotatable bonds is 4. The molecule has 0 aliphatic carbocycles. The van der Waals surface area contributed by atoms with Gasteiger partial charge in [-0.2, -0.15) is 5.10 Å². The van der Waals surface area contributed by atoms with E-state index >= 15 is 0 Å². The smallest absolute Gasteiger partial charge is 0.206 e. The highest BCUT2D eigenvalue weighted by atomic mass is 35.5. The molecule has 24 heavy (non-hydrogen) atoms. The summed E-state index contributed by atoms with van der Waals surface area (Å²) in [4.78, 5) is 5.38. The summed E-state index contributed by atoms with van der Waals surface area (Å²) < 4.78 is 7.52. The van der Waals surface area contributed by atoms with E-state index in [-0.39, 0.29) is 0 Å². The quantitative estimate of drug-likeness (QED) is 0.607. The maximum atomic E-state index is 6.14. The van der Waals surface area contributed by atoms with Gasteiger partial charge in [0.05, 0.1) is 5.69 Å². The predicted molar refractivity (Wildman–Crippen MR) is 99.9 cm³/mol. The number of aromatic nitrogens is 1. The highest BCUT2D eigenvalue weighted by Crippen LogP contribution is 2.23. The number of halogens is 1. The molecule has 1 aromatic carbocycles. The zero-order valence-corrected chi connectivity index (χ0v) is 15.4. The highest BCUT2D eigenvalue weighted by molar-refractivity contribution is 7.07. The van der Waals surface area contributed by atoms with Gasteiger partial charge in [-0.05, 0) is 45.0 Å². The summed E-state index contributed by atoms with van der Waals surface area (Å²) in [5.74, 6) is 1.62. The molecule has 2 aromatic heterocycles. The molecule has 4 nitrogen and oxygen atoms in total. The molecule has 0 spiro atoms. The van der Waals surface area contributed by atoms with Gasteiger partial charge in [0.15, 0.2) is 0 Å². The lowest BCUT2D eigenvalue weighted by molar-refractivity contribution is 0.524. The van der Waals surface area contributed by atoms with Gasteiger partial charge in [0, 0.05) is 22.5 Å². The van der Waals surface area contributed by atoms with E-state index in [2.05, 4.69) is 4.99 Å². The van der Waals surface area contributed by atoms with Crippen LogP contribution >= 0.6 is 22.9 Å². The summed E-state index contributed by atoms with van der Waals surface area (Å²) in [6.07, 6.45) is 0. The van der Waals surface area contributed by atoms with Crippen LogP contribution in [0.4, 0.5) is 0 Å². The molecule has 124 valence electrons. The largest absolute Gasteiger partial charge is 0.460 e. The third-order valence-corrected chi connectivity index (χ3v) is 4.54. The van der Waals surface area contributed by atoms with E-state index in [0.717, 1.165) is 33.3 Å². The highest BCUT2D eigenvalue weighted by Gasteiger charge is 2.10. The number of nitrogens with zero attached hydrogens (tertiary/aromatic N) is 3.